The van der Waals surface area contributed by atoms with Crippen LogP contribution < -0.4 is 33.0 Å². The molecule has 0 aliphatic rings. The molecule has 0 unspecified atom stereocenters. The van der Waals surface area contributed by atoms with Crippen LogP contribution in [0.3, 0.4) is 0 Å². The fourth-order valence-electron chi connectivity index (χ4n) is 1.77. The Hall–Kier alpha value is -2.60. The summed E-state index contributed by atoms with van der Waals surface area (Å²) in [6.45, 7) is 0.694. The van der Waals surface area contributed by atoms with Gasteiger partial charge in [-0.25, -0.2) is 10.9 Å². The quantitative estimate of drug-likeness (QED) is 0.0730. The van der Waals surface area contributed by atoms with Gasteiger partial charge in [-0.2, -0.15) is 0 Å². The van der Waals surface area contributed by atoms with Crippen molar-refractivity contribution in [3.05, 3.63) is 0 Å². The second-order valence-electron chi connectivity index (χ2n) is 5.04. The van der Waals surface area contributed by atoms with E-state index in [1.54, 1.807) is 0 Å². The van der Waals surface area contributed by atoms with Crippen molar-refractivity contribution >= 4 is 23.9 Å². The van der Waals surface area contributed by atoms with E-state index >= 15 is 0 Å². The molecule has 0 amide bonds. The lowest BCUT2D eigenvalue weighted by Gasteiger charge is -2.20. The Kier molecular flexibility index (Phi) is 10.6. The molecular weight excluding hydrogens is 320 g/mol. The number of guanidine groups is 2. The third-order valence-electron chi connectivity index (χ3n) is 3.00. The number of rotatable bonds is 13. The molecule has 12 heteroatoms. The number of hydrogen-bond donors (Lipinski definition) is 10. The lowest BCUT2D eigenvalue weighted by atomic mass is 10.1. The fraction of sp³-hybridized carbons (Fsp3) is 0.667. The zero-order valence-corrected chi connectivity index (χ0v) is 13.3. The number of nitrogens with one attached hydrogen (secondary N) is 6. The molecular formula is C12H26N8O4. The van der Waals surface area contributed by atoms with E-state index in [4.69, 9.17) is 32.5 Å². The van der Waals surface area contributed by atoms with Gasteiger partial charge < -0.3 is 32.3 Å². The summed E-state index contributed by atoms with van der Waals surface area (Å²) in [7, 11) is 0. The van der Waals surface area contributed by atoms with Gasteiger partial charge in [0.25, 0.3) is 0 Å². The first-order chi connectivity index (χ1) is 11.2. The summed E-state index contributed by atoms with van der Waals surface area (Å²) in [6, 6.07) is -1.95. The Morgan fingerprint density at radius 3 is 1.42 bits per heavy atom. The van der Waals surface area contributed by atoms with Crippen LogP contribution in [0.4, 0.5) is 0 Å². The van der Waals surface area contributed by atoms with Crippen LogP contribution in [0.1, 0.15) is 25.7 Å². The van der Waals surface area contributed by atoms with Crippen molar-refractivity contribution in [1.29, 1.82) is 10.8 Å². The second kappa shape index (κ2) is 11.9. The molecule has 0 bridgehead atoms. The molecule has 12 nitrogen and oxygen atoms in total. The summed E-state index contributed by atoms with van der Waals surface area (Å²) in [4.78, 5) is 22.3. The largest absolute Gasteiger partial charge is 0.480 e. The van der Waals surface area contributed by atoms with E-state index in [-0.39, 0.29) is 24.8 Å². The number of aliphatic carboxylic acids is 2. The first kappa shape index (κ1) is 21.4. The molecule has 0 saturated carbocycles. The van der Waals surface area contributed by atoms with Crippen molar-refractivity contribution in [2.45, 2.75) is 37.8 Å². The lowest BCUT2D eigenvalue weighted by Crippen LogP contribution is -2.52. The van der Waals surface area contributed by atoms with Gasteiger partial charge in [0.05, 0.1) is 0 Å². The summed E-state index contributed by atoms with van der Waals surface area (Å²) in [5.74, 6) is -2.63. The lowest BCUT2D eigenvalue weighted by molar-refractivity contribution is -0.143. The minimum absolute atomic E-state index is 0.196. The number of carboxylic acid groups (broad SMARTS) is 2. The predicted octanol–water partition coefficient (Wildman–Crippen LogP) is -2.49. The first-order valence-electron chi connectivity index (χ1n) is 7.36. The average molecular weight is 346 g/mol. The molecule has 0 aromatic carbocycles. The van der Waals surface area contributed by atoms with Crippen LogP contribution >= 0.6 is 0 Å². The maximum atomic E-state index is 11.2. The van der Waals surface area contributed by atoms with Gasteiger partial charge in [0, 0.05) is 13.1 Å². The molecule has 0 aliphatic heterocycles. The van der Waals surface area contributed by atoms with Gasteiger partial charge in [0.2, 0.25) is 0 Å². The van der Waals surface area contributed by atoms with Crippen molar-refractivity contribution in [1.82, 2.24) is 21.5 Å². The molecule has 0 radical (unpaired) electrons. The topological polar surface area (TPSA) is 222 Å². The van der Waals surface area contributed by atoms with Crippen molar-refractivity contribution in [2.75, 3.05) is 13.1 Å². The highest BCUT2D eigenvalue weighted by Crippen LogP contribution is 1.99. The fourth-order valence-corrected chi connectivity index (χ4v) is 1.77. The number of nitrogens with two attached hydrogens (primary N) is 2. The third kappa shape index (κ3) is 11.0. The van der Waals surface area contributed by atoms with E-state index in [0.29, 0.717) is 25.9 Å². The molecule has 12 N–H and O–H groups in total. The van der Waals surface area contributed by atoms with Gasteiger partial charge >= 0.3 is 11.9 Å². The van der Waals surface area contributed by atoms with Crippen LogP contribution in [-0.2, 0) is 9.59 Å². The molecule has 138 valence electrons. The van der Waals surface area contributed by atoms with Crippen molar-refractivity contribution in [2.24, 2.45) is 11.5 Å². The van der Waals surface area contributed by atoms with E-state index in [1.165, 1.54) is 0 Å². The Morgan fingerprint density at radius 2 is 1.17 bits per heavy atom. The van der Waals surface area contributed by atoms with Gasteiger partial charge in [0.1, 0.15) is 12.1 Å². The van der Waals surface area contributed by atoms with Gasteiger partial charge in [-0.1, -0.05) is 0 Å². The maximum absolute atomic E-state index is 11.2. The highest BCUT2D eigenvalue weighted by atomic mass is 16.4. The molecule has 0 aromatic rings. The Bertz CT molecular complexity index is 405. The molecule has 24 heavy (non-hydrogen) atoms. The van der Waals surface area contributed by atoms with Crippen LogP contribution in [0.2, 0.25) is 0 Å². The van der Waals surface area contributed by atoms with Crippen molar-refractivity contribution in [3.8, 4) is 0 Å². The summed E-state index contributed by atoms with van der Waals surface area (Å²) in [6.07, 6.45) is 1.32. The molecule has 0 spiro atoms. The molecule has 0 saturated heterocycles. The van der Waals surface area contributed by atoms with Crippen molar-refractivity contribution < 1.29 is 19.8 Å². The van der Waals surface area contributed by atoms with E-state index in [1.807, 2.05) is 0 Å². The van der Waals surface area contributed by atoms with Crippen LogP contribution in [0, 0.1) is 10.8 Å². The second-order valence-corrected chi connectivity index (χ2v) is 5.04. The molecule has 0 fully saturated rings. The van der Waals surface area contributed by atoms with E-state index in [2.05, 4.69) is 21.5 Å². The Balaban J connectivity index is 4.24. The zero-order chi connectivity index (χ0) is 18.5. The smallest absolute Gasteiger partial charge is 0.322 e. The molecule has 0 rings (SSSR count). The molecule has 0 heterocycles. The summed E-state index contributed by atoms with van der Waals surface area (Å²) in [5, 5.41) is 37.3. The molecule has 0 aliphatic carbocycles. The molecule has 0 aromatic heterocycles. The van der Waals surface area contributed by atoms with E-state index in [9.17, 15) is 9.59 Å². The zero-order valence-electron chi connectivity index (χ0n) is 13.3. The first-order valence-corrected chi connectivity index (χ1v) is 7.36. The SMILES string of the molecule is N=C(N)NCCC[C@@H](NN[C@H](CCCNC(=N)N)C(=O)O)C(=O)O. The highest BCUT2D eigenvalue weighted by molar-refractivity contribution is 5.75. The Morgan fingerprint density at radius 1 is 0.833 bits per heavy atom. The predicted molar refractivity (Wildman–Crippen MR) is 87.4 cm³/mol. The van der Waals surface area contributed by atoms with Crippen LogP contribution in [-0.4, -0.2) is 59.2 Å². The normalized spacial score (nSPS) is 12.8. The van der Waals surface area contributed by atoms with Gasteiger partial charge in [-0.3, -0.25) is 20.4 Å². The maximum Gasteiger partial charge on any atom is 0.322 e. The van der Waals surface area contributed by atoms with Gasteiger partial charge in [-0.05, 0) is 25.7 Å². The Labute approximate surface area is 139 Å². The number of hydrogen-bond acceptors (Lipinski definition) is 6. The van der Waals surface area contributed by atoms with Crippen LogP contribution in [0.15, 0.2) is 0 Å². The number of carbonyl (C=O) groups is 2. The van der Waals surface area contributed by atoms with Crippen molar-refractivity contribution in [3.63, 3.8) is 0 Å². The monoisotopic (exact) mass is 346 g/mol. The third-order valence-corrected chi connectivity index (χ3v) is 3.00. The van der Waals surface area contributed by atoms with E-state index < -0.39 is 24.0 Å². The van der Waals surface area contributed by atoms with Crippen LogP contribution in [0.25, 0.3) is 0 Å². The minimum Gasteiger partial charge on any atom is -0.480 e. The van der Waals surface area contributed by atoms with Gasteiger partial charge in [0.15, 0.2) is 11.9 Å². The highest BCUT2D eigenvalue weighted by Gasteiger charge is 2.21. The summed E-state index contributed by atoms with van der Waals surface area (Å²) < 4.78 is 0. The number of carboxylic acids is 2. The number of hydrazine groups is 1. The summed E-state index contributed by atoms with van der Waals surface area (Å²) in [5.41, 5.74) is 15.2. The standard InChI is InChI=1S/C12H26N8O4/c13-11(14)17-5-1-3-7(9(21)22)19-20-8(10(23)24)4-2-6-18-12(15)16/h7-8,19-20H,1-6H2,(H,21,22)(H,23,24)(H4,13,14,17)(H4,15,16,18)/t7-,8-/m1/s1. The van der Waals surface area contributed by atoms with Crippen LogP contribution in [0.5, 0.6) is 0 Å². The van der Waals surface area contributed by atoms with E-state index in [0.717, 1.165) is 0 Å². The minimum atomic E-state index is -1.12. The summed E-state index contributed by atoms with van der Waals surface area (Å²) >= 11 is 0. The average Bonchev–Trinajstić information content (AvgIpc) is 2.46. The molecule has 2 atom stereocenters. The van der Waals surface area contributed by atoms with Gasteiger partial charge in [-0.15, -0.1) is 0 Å².